The number of imidazole rings is 1. The number of pyridine rings is 1. The lowest BCUT2D eigenvalue weighted by atomic mass is 9.92. The molecule has 2 aromatic heterocycles. The lowest BCUT2D eigenvalue weighted by Crippen LogP contribution is -2.19. The number of carbonyl (C=O) groups is 2. The van der Waals surface area contributed by atoms with Gasteiger partial charge in [-0.1, -0.05) is 30.3 Å². The Morgan fingerprint density at radius 1 is 1.15 bits per heavy atom. The van der Waals surface area contributed by atoms with Crippen LogP contribution in [-0.4, -0.2) is 34.9 Å². The Kier molecular flexibility index (Phi) is 5.54. The number of esters is 1. The summed E-state index contributed by atoms with van der Waals surface area (Å²) >= 11 is 0. The number of nitrogens with zero attached hydrogens (tertiary/aromatic N) is 2. The first-order valence-corrected chi connectivity index (χ1v) is 8.83. The molecule has 27 heavy (non-hydrogen) atoms. The minimum absolute atomic E-state index is 0.00415. The van der Waals surface area contributed by atoms with Crippen LogP contribution in [-0.2, 0) is 9.53 Å². The van der Waals surface area contributed by atoms with Crippen molar-refractivity contribution in [2.75, 3.05) is 13.7 Å². The molecule has 0 aliphatic heterocycles. The molecular weight excluding hydrogens is 344 g/mol. The maximum atomic E-state index is 13.1. The molecule has 1 aromatic carbocycles. The molecule has 6 heteroatoms. The summed E-state index contributed by atoms with van der Waals surface area (Å²) in [5.41, 5.74) is 2.40. The smallest absolute Gasteiger partial charge is 0.313 e. The zero-order chi connectivity index (χ0) is 19.4. The second-order valence-electron chi connectivity index (χ2n) is 6.16. The fraction of sp³-hybridized carbons (Fsp3) is 0.286. The van der Waals surface area contributed by atoms with Crippen LogP contribution in [0.3, 0.4) is 0 Å². The van der Waals surface area contributed by atoms with Gasteiger partial charge >= 0.3 is 5.97 Å². The van der Waals surface area contributed by atoms with E-state index in [9.17, 15) is 9.59 Å². The van der Waals surface area contributed by atoms with Gasteiger partial charge in [0.15, 0.2) is 17.2 Å². The highest BCUT2D eigenvalue weighted by molar-refractivity contribution is 5.99. The number of hydrogen-bond donors (Lipinski definition) is 0. The van der Waals surface area contributed by atoms with Crippen LogP contribution >= 0.6 is 0 Å². The van der Waals surface area contributed by atoms with Gasteiger partial charge in [-0.15, -0.1) is 0 Å². The van der Waals surface area contributed by atoms with E-state index in [0.717, 1.165) is 5.56 Å². The monoisotopic (exact) mass is 366 g/mol. The molecule has 140 valence electrons. The van der Waals surface area contributed by atoms with Crippen LogP contribution < -0.4 is 4.74 Å². The van der Waals surface area contributed by atoms with Crippen LogP contribution in [0.15, 0.2) is 48.7 Å². The van der Waals surface area contributed by atoms with Gasteiger partial charge < -0.3 is 9.47 Å². The summed E-state index contributed by atoms with van der Waals surface area (Å²) in [4.78, 5) is 29.9. The second kappa shape index (κ2) is 8.03. The molecule has 0 fully saturated rings. The van der Waals surface area contributed by atoms with E-state index >= 15 is 0 Å². The molecule has 0 bridgehead atoms. The number of benzene rings is 1. The summed E-state index contributed by atoms with van der Waals surface area (Å²) in [5, 5.41) is 0. The largest absolute Gasteiger partial charge is 0.490 e. The fourth-order valence-electron chi connectivity index (χ4n) is 3.21. The quantitative estimate of drug-likeness (QED) is 0.472. The van der Waals surface area contributed by atoms with E-state index in [1.165, 1.54) is 7.11 Å². The van der Waals surface area contributed by atoms with Crippen LogP contribution in [0.1, 0.15) is 41.0 Å². The normalized spacial score (nSPS) is 12.0. The van der Waals surface area contributed by atoms with E-state index in [2.05, 4.69) is 4.98 Å². The highest BCUT2D eigenvalue weighted by Crippen LogP contribution is 2.27. The molecule has 0 saturated carbocycles. The van der Waals surface area contributed by atoms with Crippen molar-refractivity contribution >= 4 is 17.4 Å². The summed E-state index contributed by atoms with van der Waals surface area (Å²) in [6.45, 7) is 4.19. The predicted octanol–water partition coefficient (Wildman–Crippen LogP) is 3.57. The Balaban J connectivity index is 1.98. The molecule has 2 heterocycles. The zero-order valence-corrected chi connectivity index (χ0v) is 15.6. The molecule has 0 radical (unpaired) electrons. The van der Waals surface area contributed by atoms with Crippen LogP contribution in [0.25, 0.3) is 5.65 Å². The lowest BCUT2D eigenvalue weighted by Gasteiger charge is -2.14. The number of hydrogen-bond acceptors (Lipinski definition) is 5. The zero-order valence-electron chi connectivity index (χ0n) is 15.6. The van der Waals surface area contributed by atoms with Crippen LogP contribution in [0, 0.1) is 6.92 Å². The van der Waals surface area contributed by atoms with Gasteiger partial charge in [-0.2, -0.15) is 0 Å². The Morgan fingerprint density at radius 2 is 1.89 bits per heavy atom. The number of rotatable bonds is 7. The number of methoxy groups -OCH3 is 1. The number of aromatic nitrogens is 2. The van der Waals surface area contributed by atoms with Gasteiger partial charge in [-0.05, 0) is 31.5 Å². The maximum absolute atomic E-state index is 13.1. The first-order valence-electron chi connectivity index (χ1n) is 8.83. The average Bonchev–Trinajstić information content (AvgIpc) is 3.03. The Morgan fingerprint density at radius 3 is 2.56 bits per heavy atom. The maximum Gasteiger partial charge on any atom is 0.313 e. The SMILES string of the molecule is CCOc1cccn2c(C(=O)C[C@@H](C(=O)OC)c3ccccc3)c(C)nc12. The van der Waals surface area contributed by atoms with E-state index in [0.29, 0.717) is 29.4 Å². The van der Waals surface area contributed by atoms with Crippen molar-refractivity contribution < 1.29 is 19.1 Å². The van der Waals surface area contributed by atoms with Gasteiger partial charge in [0, 0.05) is 12.6 Å². The number of Topliss-reactive ketones (excluding diaryl/α,β-unsaturated/α-hetero) is 1. The molecule has 0 saturated heterocycles. The van der Waals surface area contributed by atoms with Crippen LogP contribution in [0.4, 0.5) is 0 Å². The number of fused-ring (bicyclic) bond motifs is 1. The minimum atomic E-state index is -0.663. The molecule has 0 unspecified atom stereocenters. The molecule has 6 nitrogen and oxygen atoms in total. The summed E-state index contributed by atoms with van der Waals surface area (Å²) in [6.07, 6.45) is 1.78. The first-order chi connectivity index (χ1) is 13.1. The molecule has 1 atom stereocenters. The first kappa shape index (κ1) is 18.6. The van der Waals surface area contributed by atoms with Crippen molar-refractivity contribution in [3.05, 3.63) is 65.6 Å². The summed E-state index contributed by atoms with van der Waals surface area (Å²) < 4.78 is 12.2. The predicted molar refractivity (Wildman–Crippen MR) is 101 cm³/mol. The third-order valence-corrected chi connectivity index (χ3v) is 4.43. The van der Waals surface area contributed by atoms with Crippen molar-refractivity contribution in [1.29, 1.82) is 0 Å². The Hall–Kier alpha value is -3.15. The van der Waals surface area contributed by atoms with E-state index in [-0.39, 0.29) is 12.2 Å². The summed E-state index contributed by atoms with van der Waals surface area (Å²) in [5.74, 6) is -0.651. The lowest BCUT2D eigenvalue weighted by molar-refractivity contribution is -0.142. The van der Waals surface area contributed by atoms with Crippen molar-refractivity contribution in [3.63, 3.8) is 0 Å². The van der Waals surface area contributed by atoms with E-state index in [4.69, 9.17) is 9.47 Å². The number of ketones is 1. The molecule has 3 aromatic rings. The van der Waals surface area contributed by atoms with Gasteiger partial charge in [0.25, 0.3) is 0 Å². The standard InChI is InChI=1S/C21H22N2O4/c1-4-27-18-11-8-12-23-19(14(2)22-20(18)23)17(24)13-16(21(25)26-3)15-9-6-5-7-10-15/h5-12,16H,4,13H2,1-3H3/t16-/m1/s1. The van der Waals surface area contributed by atoms with Crippen molar-refractivity contribution in [2.45, 2.75) is 26.2 Å². The van der Waals surface area contributed by atoms with Gasteiger partial charge in [-0.25, -0.2) is 4.98 Å². The topological polar surface area (TPSA) is 69.9 Å². The number of aryl methyl sites for hydroxylation is 1. The van der Waals surface area contributed by atoms with E-state index in [1.54, 1.807) is 17.5 Å². The summed E-state index contributed by atoms with van der Waals surface area (Å²) in [6, 6.07) is 12.8. The number of ether oxygens (including phenoxy) is 2. The van der Waals surface area contributed by atoms with Crippen LogP contribution in [0.2, 0.25) is 0 Å². The molecule has 3 rings (SSSR count). The van der Waals surface area contributed by atoms with Gasteiger partial charge in [-0.3, -0.25) is 14.0 Å². The van der Waals surface area contributed by atoms with Crippen molar-refractivity contribution in [3.8, 4) is 5.75 Å². The molecule has 0 amide bonds. The fourth-order valence-corrected chi connectivity index (χ4v) is 3.21. The van der Waals surface area contributed by atoms with Gasteiger partial charge in [0.2, 0.25) is 0 Å². The van der Waals surface area contributed by atoms with E-state index < -0.39 is 11.9 Å². The van der Waals surface area contributed by atoms with Gasteiger partial charge in [0.1, 0.15) is 5.69 Å². The molecule has 0 aliphatic carbocycles. The number of carbonyl (C=O) groups excluding carboxylic acids is 2. The Bertz CT molecular complexity index is 963. The summed E-state index contributed by atoms with van der Waals surface area (Å²) in [7, 11) is 1.33. The Labute approximate surface area is 157 Å². The van der Waals surface area contributed by atoms with Crippen LogP contribution in [0.5, 0.6) is 5.75 Å². The van der Waals surface area contributed by atoms with E-state index in [1.807, 2.05) is 49.4 Å². The third-order valence-electron chi connectivity index (χ3n) is 4.43. The minimum Gasteiger partial charge on any atom is -0.490 e. The highest BCUT2D eigenvalue weighted by Gasteiger charge is 2.28. The van der Waals surface area contributed by atoms with Crippen molar-refractivity contribution in [1.82, 2.24) is 9.38 Å². The average molecular weight is 366 g/mol. The second-order valence-corrected chi connectivity index (χ2v) is 6.16. The molecule has 0 spiro atoms. The third kappa shape index (κ3) is 3.69. The highest BCUT2D eigenvalue weighted by atomic mass is 16.5. The molecular formula is C21H22N2O4. The van der Waals surface area contributed by atoms with Crippen molar-refractivity contribution in [2.24, 2.45) is 0 Å². The molecule has 0 N–H and O–H groups in total. The molecule has 0 aliphatic rings. The van der Waals surface area contributed by atoms with Gasteiger partial charge in [0.05, 0.1) is 25.3 Å².